The molecule has 0 radical (unpaired) electrons. The summed E-state index contributed by atoms with van der Waals surface area (Å²) in [6, 6.07) is 7.95. The summed E-state index contributed by atoms with van der Waals surface area (Å²) in [6.45, 7) is 5.16. The summed E-state index contributed by atoms with van der Waals surface area (Å²) in [5, 5.41) is 8.86. The second-order valence-corrected chi connectivity index (χ2v) is 8.05. The zero-order valence-corrected chi connectivity index (χ0v) is 18.2. The summed E-state index contributed by atoms with van der Waals surface area (Å²) in [5.41, 5.74) is 4.05. The maximum absolute atomic E-state index is 13.2. The van der Waals surface area contributed by atoms with E-state index in [1.807, 2.05) is 35.0 Å². The van der Waals surface area contributed by atoms with E-state index >= 15 is 0 Å². The van der Waals surface area contributed by atoms with Gasteiger partial charge in [0.2, 0.25) is 0 Å². The standard InChI is InChI=1S/C25H28N2O4/c1-16-17(2)25(31)23(18(3)24(16)30)21(7-5-4-6-8-22(28)29)19-9-11-20(12-10-19)27-14-13-26-15-27/h9-15,21H,4-8H2,1-3H3,(H,28,29). The largest absolute Gasteiger partial charge is 0.481 e. The molecule has 1 heterocycles. The molecule has 1 N–H and O–H groups in total. The summed E-state index contributed by atoms with van der Waals surface area (Å²) >= 11 is 0. The number of carbonyl (C=O) groups excluding carboxylic acids is 2. The van der Waals surface area contributed by atoms with Gasteiger partial charge in [-0.3, -0.25) is 14.4 Å². The molecule has 0 saturated heterocycles. The lowest BCUT2D eigenvalue weighted by atomic mass is 9.75. The number of allylic oxidation sites excluding steroid dienone is 4. The van der Waals surface area contributed by atoms with Crippen LogP contribution in [0.2, 0.25) is 0 Å². The number of aromatic nitrogens is 2. The highest BCUT2D eigenvalue weighted by Crippen LogP contribution is 2.38. The van der Waals surface area contributed by atoms with Gasteiger partial charge in [-0.1, -0.05) is 25.0 Å². The lowest BCUT2D eigenvalue weighted by Crippen LogP contribution is -2.24. The predicted molar refractivity (Wildman–Crippen MR) is 118 cm³/mol. The van der Waals surface area contributed by atoms with Gasteiger partial charge < -0.3 is 9.67 Å². The topological polar surface area (TPSA) is 89.3 Å². The number of Topliss-reactive ketones (excluding diaryl/α,β-unsaturated/α-hetero) is 2. The Balaban J connectivity index is 1.90. The molecule has 1 aromatic heterocycles. The van der Waals surface area contributed by atoms with E-state index in [1.54, 1.807) is 33.3 Å². The van der Waals surface area contributed by atoms with Gasteiger partial charge in [-0.25, -0.2) is 4.98 Å². The van der Waals surface area contributed by atoms with Gasteiger partial charge in [0.25, 0.3) is 0 Å². The molecule has 0 fully saturated rings. The number of hydrogen-bond donors (Lipinski definition) is 1. The van der Waals surface area contributed by atoms with Crippen LogP contribution in [0.1, 0.15) is 64.4 Å². The van der Waals surface area contributed by atoms with Crippen molar-refractivity contribution in [3.8, 4) is 5.69 Å². The van der Waals surface area contributed by atoms with Crippen LogP contribution in [0, 0.1) is 0 Å². The number of rotatable bonds is 9. The number of benzene rings is 1. The number of imidazole rings is 1. The predicted octanol–water partition coefficient (Wildman–Crippen LogP) is 4.80. The Morgan fingerprint density at radius 2 is 1.65 bits per heavy atom. The van der Waals surface area contributed by atoms with Crippen LogP contribution in [0.4, 0.5) is 0 Å². The molecule has 1 aromatic carbocycles. The van der Waals surface area contributed by atoms with E-state index in [0.29, 0.717) is 35.1 Å². The molecule has 6 heteroatoms. The highest BCUT2D eigenvalue weighted by molar-refractivity contribution is 6.25. The molecular formula is C25H28N2O4. The van der Waals surface area contributed by atoms with Crippen molar-refractivity contribution in [1.82, 2.24) is 9.55 Å². The molecule has 1 aliphatic rings. The first kappa shape index (κ1) is 22.4. The maximum atomic E-state index is 13.2. The first-order valence-corrected chi connectivity index (χ1v) is 10.6. The van der Waals surface area contributed by atoms with Crippen molar-refractivity contribution in [3.05, 3.63) is 70.8 Å². The smallest absolute Gasteiger partial charge is 0.303 e. The lowest BCUT2D eigenvalue weighted by Gasteiger charge is -2.26. The van der Waals surface area contributed by atoms with Gasteiger partial charge >= 0.3 is 5.97 Å². The highest BCUT2D eigenvalue weighted by atomic mass is 16.4. The Morgan fingerprint density at radius 3 is 2.26 bits per heavy atom. The van der Waals surface area contributed by atoms with E-state index < -0.39 is 5.97 Å². The van der Waals surface area contributed by atoms with Crippen LogP contribution in [-0.2, 0) is 14.4 Å². The van der Waals surface area contributed by atoms with Gasteiger partial charge in [0, 0.05) is 52.7 Å². The number of ketones is 2. The first-order chi connectivity index (χ1) is 14.8. The van der Waals surface area contributed by atoms with Gasteiger partial charge in [-0.15, -0.1) is 0 Å². The molecule has 0 spiro atoms. The zero-order chi connectivity index (χ0) is 22.5. The van der Waals surface area contributed by atoms with Crippen molar-refractivity contribution in [2.75, 3.05) is 0 Å². The quantitative estimate of drug-likeness (QED) is 0.465. The van der Waals surface area contributed by atoms with Crippen LogP contribution in [0.25, 0.3) is 5.69 Å². The summed E-state index contributed by atoms with van der Waals surface area (Å²) < 4.78 is 1.90. The monoisotopic (exact) mass is 420 g/mol. The SMILES string of the molecule is CC1=C(C)C(=O)C(C(CCCCCC(=O)O)c2ccc(-n3ccnc3)cc2)=C(C)C1=O. The van der Waals surface area contributed by atoms with Crippen molar-refractivity contribution in [2.24, 2.45) is 0 Å². The van der Waals surface area contributed by atoms with Crippen LogP contribution in [0.3, 0.4) is 0 Å². The molecule has 6 nitrogen and oxygen atoms in total. The van der Waals surface area contributed by atoms with Crippen molar-refractivity contribution in [3.63, 3.8) is 0 Å². The number of carboxylic acids is 1. The van der Waals surface area contributed by atoms with Crippen molar-refractivity contribution in [1.29, 1.82) is 0 Å². The molecule has 2 aromatic rings. The molecule has 162 valence electrons. The third-order valence-electron chi connectivity index (χ3n) is 6.06. The number of carbonyl (C=O) groups is 3. The molecule has 1 aliphatic carbocycles. The fourth-order valence-corrected chi connectivity index (χ4v) is 4.11. The summed E-state index contributed by atoms with van der Waals surface area (Å²) in [6.07, 6.45) is 8.27. The minimum atomic E-state index is -0.797. The van der Waals surface area contributed by atoms with Gasteiger partial charge in [-0.2, -0.15) is 0 Å². The van der Waals surface area contributed by atoms with Crippen molar-refractivity contribution in [2.45, 2.75) is 58.8 Å². The molecule has 0 amide bonds. The maximum Gasteiger partial charge on any atom is 0.303 e. The van der Waals surface area contributed by atoms with Gasteiger partial charge in [-0.05, 0) is 51.3 Å². The molecule has 1 atom stereocenters. The number of unbranched alkanes of at least 4 members (excludes halogenated alkanes) is 2. The second-order valence-electron chi connectivity index (χ2n) is 8.05. The van der Waals surface area contributed by atoms with E-state index in [0.717, 1.165) is 24.1 Å². The molecule has 3 rings (SSSR count). The van der Waals surface area contributed by atoms with E-state index in [2.05, 4.69) is 4.98 Å². The van der Waals surface area contributed by atoms with Crippen LogP contribution in [0.15, 0.2) is 65.3 Å². The molecular weight excluding hydrogens is 392 g/mol. The third kappa shape index (κ3) is 4.90. The zero-order valence-electron chi connectivity index (χ0n) is 18.2. The number of hydrogen-bond acceptors (Lipinski definition) is 4. The molecule has 1 unspecified atom stereocenters. The number of carboxylic acid groups (broad SMARTS) is 1. The molecule has 0 aliphatic heterocycles. The second kappa shape index (κ2) is 9.69. The number of aliphatic carboxylic acids is 1. The Morgan fingerprint density at radius 1 is 0.968 bits per heavy atom. The average molecular weight is 421 g/mol. The van der Waals surface area contributed by atoms with Gasteiger partial charge in [0.1, 0.15) is 0 Å². The summed E-state index contributed by atoms with van der Waals surface area (Å²) in [7, 11) is 0. The van der Waals surface area contributed by atoms with E-state index in [1.165, 1.54) is 0 Å². The Labute approximate surface area is 182 Å². The van der Waals surface area contributed by atoms with E-state index in [9.17, 15) is 14.4 Å². The minimum absolute atomic E-state index is 0.0659. The van der Waals surface area contributed by atoms with Gasteiger partial charge in [0.15, 0.2) is 11.6 Å². The fourth-order valence-electron chi connectivity index (χ4n) is 4.11. The van der Waals surface area contributed by atoms with Crippen LogP contribution >= 0.6 is 0 Å². The highest BCUT2D eigenvalue weighted by Gasteiger charge is 2.33. The summed E-state index contributed by atoms with van der Waals surface area (Å²) in [4.78, 5) is 40.8. The number of nitrogens with zero attached hydrogens (tertiary/aromatic N) is 2. The normalized spacial score (nSPS) is 15.6. The van der Waals surface area contributed by atoms with Crippen LogP contribution in [-0.4, -0.2) is 32.2 Å². The lowest BCUT2D eigenvalue weighted by molar-refractivity contribution is -0.137. The van der Waals surface area contributed by atoms with E-state index in [-0.39, 0.29) is 23.9 Å². The van der Waals surface area contributed by atoms with Crippen LogP contribution in [0.5, 0.6) is 0 Å². The Bertz CT molecular complexity index is 1040. The van der Waals surface area contributed by atoms with Crippen molar-refractivity contribution < 1.29 is 19.5 Å². The Kier molecular flexibility index (Phi) is 7.00. The van der Waals surface area contributed by atoms with Gasteiger partial charge in [0.05, 0.1) is 6.33 Å². The summed E-state index contributed by atoms with van der Waals surface area (Å²) in [5.74, 6) is -1.14. The Hall–Kier alpha value is -3.28. The molecule has 31 heavy (non-hydrogen) atoms. The minimum Gasteiger partial charge on any atom is -0.481 e. The molecule has 0 saturated carbocycles. The first-order valence-electron chi connectivity index (χ1n) is 10.6. The van der Waals surface area contributed by atoms with Crippen LogP contribution < -0.4 is 0 Å². The third-order valence-corrected chi connectivity index (χ3v) is 6.06. The van der Waals surface area contributed by atoms with E-state index in [4.69, 9.17) is 5.11 Å². The van der Waals surface area contributed by atoms with Crippen molar-refractivity contribution >= 4 is 17.5 Å². The average Bonchev–Trinajstić information content (AvgIpc) is 3.30. The fraction of sp³-hybridized carbons (Fsp3) is 0.360. The molecule has 0 bridgehead atoms.